The van der Waals surface area contributed by atoms with Crippen molar-refractivity contribution < 1.29 is 4.74 Å². The molecule has 1 aromatic carbocycles. The Morgan fingerprint density at radius 1 is 1.47 bits per heavy atom. The van der Waals surface area contributed by atoms with Crippen molar-refractivity contribution in [2.75, 3.05) is 0 Å². The maximum Gasteiger partial charge on any atom is 0.137 e. The van der Waals surface area contributed by atoms with E-state index in [2.05, 4.69) is 22.0 Å². The predicted octanol–water partition coefficient (Wildman–Crippen LogP) is 2.19. The number of halogens is 1. The third-order valence-electron chi connectivity index (χ3n) is 2.49. The second-order valence-electron chi connectivity index (χ2n) is 3.72. The molecule has 0 unspecified atom stereocenters. The number of nitrogens with two attached hydrogens (primary N) is 1. The first-order valence-corrected chi connectivity index (χ1v) is 5.60. The van der Waals surface area contributed by atoms with Crippen LogP contribution in [0.3, 0.4) is 0 Å². The highest BCUT2D eigenvalue weighted by Gasteiger charge is 2.28. The van der Waals surface area contributed by atoms with Crippen LogP contribution in [-0.4, -0.2) is 12.1 Å². The van der Waals surface area contributed by atoms with Crippen molar-refractivity contribution in [3.8, 4) is 11.8 Å². The monoisotopic (exact) mass is 266 g/mol. The van der Waals surface area contributed by atoms with Gasteiger partial charge in [-0.15, -0.1) is 0 Å². The Bertz CT molecular complexity index is 408. The van der Waals surface area contributed by atoms with E-state index in [0.29, 0.717) is 11.3 Å². The summed E-state index contributed by atoms with van der Waals surface area (Å²) in [6.07, 6.45) is 1.93. The van der Waals surface area contributed by atoms with E-state index in [1.807, 2.05) is 12.1 Å². The van der Waals surface area contributed by atoms with E-state index < -0.39 is 0 Å². The van der Waals surface area contributed by atoms with Crippen molar-refractivity contribution in [1.82, 2.24) is 0 Å². The summed E-state index contributed by atoms with van der Waals surface area (Å²) < 4.78 is 6.56. The summed E-state index contributed by atoms with van der Waals surface area (Å²) in [4.78, 5) is 0. The van der Waals surface area contributed by atoms with Crippen molar-refractivity contribution in [3.63, 3.8) is 0 Å². The molecule has 0 saturated heterocycles. The van der Waals surface area contributed by atoms with Gasteiger partial charge in [-0.3, -0.25) is 0 Å². The molecule has 0 heterocycles. The van der Waals surface area contributed by atoms with E-state index in [9.17, 15) is 0 Å². The molecular formula is C11H11BrN2O. The van der Waals surface area contributed by atoms with Crippen LogP contribution in [0.25, 0.3) is 0 Å². The van der Waals surface area contributed by atoms with Gasteiger partial charge in [-0.2, -0.15) is 5.26 Å². The summed E-state index contributed by atoms with van der Waals surface area (Å²) in [5.74, 6) is 0.651. The Labute approximate surface area is 97.0 Å². The molecule has 15 heavy (non-hydrogen) atoms. The van der Waals surface area contributed by atoms with Crippen LogP contribution in [-0.2, 0) is 0 Å². The molecule has 0 amide bonds. The Morgan fingerprint density at radius 2 is 2.20 bits per heavy atom. The second-order valence-corrected chi connectivity index (χ2v) is 4.64. The summed E-state index contributed by atoms with van der Waals surface area (Å²) in [7, 11) is 0. The number of hydrogen-bond acceptors (Lipinski definition) is 3. The number of nitrogens with zero attached hydrogens (tertiary/aromatic N) is 1. The van der Waals surface area contributed by atoms with Gasteiger partial charge in [0.05, 0.1) is 5.56 Å². The second kappa shape index (κ2) is 4.21. The molecule has 3 nitrogen and oxygen atoms in total. The van der Waals surface area contributed by atoms with Gasteiger partial charge in [-0.1, -0.05) is 15.9 Å². The fourth-order valence-electron chi connectivity index (χ4n) is 1.57. The molecule has 2 rings (SSSR count). The maximum atomic E-state index is 8.92. The van der Waals surface area contributed by atoms with Gasteiger partial charge in [-0.25, -0.2) is 0 Å². The van der Waals surface area contributed by atoms with E-state index in [4.69, 9.17) is 15.7 Å². The van der Waals surface area contributed by atoms with Crippen LogP contribution >= 0.6 is 15.9 Å². The predicted molar refractivity (Wildman–Crippen MR) is 60.5 cm³/mol. The first-order valence-electron chi connectivity index (χ1n) is 4.81. The molecule has 0 radical (unpaired) electrons. The summed E-state index contributed by atoms with van der Waals surface area (Å²) in [5, 5.41) is 8.92. The fourth-order valence-corrected chi connectivity index (χ4v) is 1.94. The highest BCUT2D eigenvalue weighted by atomic mass is 79.9. The molecule has 2 N–H and O–H groups in total. The Hall–Kier alpha value is -1.05. The van der Waals surface area contributed by atoms with Crippen LogP contribution in [0.1, 0.15) is 18.4 Å². The normalized spacial score (nSPS) is 24.1. The summed E-state index contributed by atoms with van der Waals surface area (Å²) in [6.45, 7) is 0. The minimum atomic E-state index is 0.174. The van der Waals surface area contributed by atoms with Crippen LogP contribution in [0, 0.1) is 11.3 Å². The molecule has 1 aromatic rings. The first-order chi connectivity index (χ1) is 7.19. The van der Waals surface area contributed by atoms with E-state index >= 15 is 0 Å². The smallest absolute Gasteiger partial charge is 0.137 e. The SMILES string of the molecule is N#Cc1cc(Br)ccc1OC1CC(N)C1. The van der Waals surface area contributed by atoms with Crippen LogP contribution in [0.5, 0.6) is 5.75 Å². The van der Waals surface area contributed by atoms with Gasteiger partial charge in [0.1, 0.15) is 17.9 Å². The van der Waals surface area contributed by atoms with Gasteiger partial charge >= 0.3 is 0 Å². The number of rotatable bonds is 2. The summed E-state index contributed by atoms with van der Waals surface area (Å²) in [6, 6.07) is 7.81. The zero-order valence-electron chi connectivity index (χ0n) is 8.11. The zero-order chi connectivity index (χ0) is 10.8. The fraction of sp³-hybridized carbons (Fsp3) is 0.364. The van der Waals surface area contributed by atoms with E-state index in [0.717, 1.165) is 17.3 Å². The minimum absolute atomic E-state index is 0.174. The number of benzene rings is 1. The molecule has 1 aliphatic carbocycles. The van der Waals surface area contributed by atoms with Crippen LogP contribution in [0.4, 0.5) is 0 Å². The zero-order valence-corrected chi connectivity index (χ0v) is 9.70. The molecular weight excluding hydrogens is 256 g/mol. The molecule has 0 aromatic heterocycles. The number of ether oxygens (including phenoxy) is 1. The topological polar surface area (TPSA) is 59.0 Å². The maximum absolute atomic E-state index is 8.92. The van der Waals surface area contributed by atoms with Crippen molar-refractivity contribution in [1.29, 1.82) is 5.26 Å². The lowest BCUT2D eigenvalue weighted by atomic mass is 9.90. The number of hydrogen-bond donors (Lipinski definition) is 1. The molecule has 1 saturated carbocycles. The molecule has 0 aliphatic heterocycles. The van der Waals surface area contributed by atoms with Crippen molar-refractivity contribution in [2.24, 2.45) is 5.73 Å². The Balaban J connectivity index is 2.11. The largest absolute Gasteiger partial charge is 0.489 e. The summed E-state index contributed by atoms with van der Waals surface area (Å²) >= 11 is 3.32. The molecule has 0 atom stereocenters. The van der Waals surface area contributed by atoms with Crippen LogP contribution < -0.4 is 10.5 Å². The van der Waals surface area contributed by atoms with E-state index in [-0.39, 0.29) is 12.1 Å². The van der Waals surface area contributed by atoms with Crippen LogP contribution in [0.2, 0.25) is 0 Å². The molecule has 4 heteroatoms. The van der Waals surface area contributed by atoms with Crippen molar-refractivity contribution in [3.05, 3.63) is 28.2 Å². The van der Waals surface area contributed by atoms with Gasteiger partial charge in [0, 0.05) is 10.5 Å². The average Bonchev–Trinajstić information content (AvgIpc) is 2.18. The van der Waals surface area contributed by atoms with Gasteiger partial charge in [0.25, 0.3) is 0 Å². The average molecular weight is 267 g/mol. The molecule has 1 fully saturated rings. The standard InChI is InChI=1S/C11H11BrN2O/c12-8-1-2-11(7(3-8)6-13)15-10-4-9(14)5-10/h1-3,9-10H,4-5,14H2. The lowest BCUT2D eigenvalue weighted by molar-refractivity contribution is 0.101. The Morgan fingerprint density at radius 3 is 2.80 bits per heavy atom. The van der Waals surface area contributed by atoms with Gasteiger partial charge in [-0.05, 0) is 31.0 Å². The van der Waals surface area contributed by atoms with Crippen molar-refractivity contribution in [2.45, 2.75) is 25.0 Å². The quantitative estimate of drug-likeness (QED) is 0.893. The highest BCUT2D eigenvalue weighted by molar-refractivity contribution is 9.10. The van der Waals surface area contributed by atoms with Gasteiger partial charge in [0.15, 0.2) is 0 Å². The lowest BCUT2D eigenvalue weighted by Gasteiger charge is -2.32. The molecule has 0 bridgehead atoms. The lowest BCUT2D eigenvalue weighted by Crippen LogP contribution is -2.43. The summed E-state index contributed by atoms with van der Waals surface area (Å²) in [5.41, 5.74) is 6.22. The van der Waals surface area contributed by atoms with Crippen LogP contribution in [0.15, 0.2) is 22.7 Å². The van der Waals surface area contributed by atoms with Gasteiger partial charge < -0.3 is 10.5 Å². The number of nitriles is 1. The first kappa shape index (κ1) is 10.5. The highest BCUT2D eigenvalue weighted by Crippen LogP contribution is 2.28. The molecule has 1 aliphatic rings. The minimum Gasteiger partial charge on any atom is -0.489 e. The van der Waals surface area contributed by atoms with Crippen molar-refractivity contribution >= 4 is 15.9 Å². The molecule has 0 spiro atoms. The van der Waals surface area contributed by atoms with E-state index in [1.165, 1.54) is 0 Å². The van der Waals surface area contributed by atoms with E-state index in [1.54, 1.807) is 6.07 Å². The third kappa shape index (κ3) is 2.31. The van der Waals surface area contributed by atoms with Gasteiger partial charge in [0.2, 0.25) is 0 Å². The molecule has 78 valence electrons. The Kier molecular flexibility index (Phi) is 2.94. The third-order valence-corrected chi connectivity index (χ3v) is 2.98.